The number of likely N-dealkylation sites (N-methyl/N-ethyl adjacent to an activating group) is 1. The van der Waals surface area contributed by atoms with Gasteiger partial charge in [0.25, 0.3) is 0 Å². The fourth-order valence-corrected chi connectivity index (χ4v) is 1.51. The molecule has 0 spiro atoms. The minimum absolute atomic E-state index is 0.166. The summed E-state index contributed by atoms with van der Waals surface area (Å²) < 4.78 is 0. The Balaban J connectivity index is 2.44. The van der Waals surface area contributed by atoms with E-state index in [0.29, 0.717) is 0 Å². The molecule has 4 nitrogen and oxygen atoms in total. The lowest BCUT2D eigenvalue weighted by atomic mass is 10.2. The Labute approximate surface area is 73.4 Å². The van der Waals surface area contributed by atoms with Crippen LogP contribution in [0.15, 0.2) is 0 Å². The third-order valence-corrected chi connectivity index (χ3v) is 2.55. The minimum Gasteiger partial charge on any atom is -0.395 e. The molecule has 12 heavy (non-hydrogen) atoms. The Morgan fingerprint density at radius 3 is 2.67 bits per heavy atom. The molecule has 1 rings (SSSR count). The van der Waals surface area contributed by atoms with Crippen LogP contribution in [0.3, 0.4) is 0 Å². The van der Waals surface area contributed by atoms with Crippen molar-refractivity contribution >= 4 is 0 Å². The maximum absolute atomic E-state index is 9.30. The van der Waals surface area contributed by atoms with Gasteiger partial charge in [-0.3, -0.25) is 9.80 Å². The molecule has 2 N–H and O–H groups in total. The first-order chi connectivity index (χ1) is 5.65. The second-order valence-corrected chi connectivity index (χ2v) is 3.44. The van der Waals surface area contributed by atoms with E-state index in [1.165, 1.54) is 0 Å². The molecule has 0 aromatic rings. The Morgan fingerprint density at radius 1 is 1.50 bits per heavy atom. The molecule has 1 fully saturated rings. The van der Waals surface area contributed by atoms with Crippen LogP contribution in [0, 0.1) is 0 Å². The van der Waals surface area contributed by atoms with E-state index in [1.807, 2.05) is 11.9 Å². The van der Waals surface area contributed by atoms with Crippen LogP contribution in [0.5, 0.6) is 0 Å². The largest absolute Gasteiger partial charge is 0.395 e. The lowest BCUT2D eigenvalue weighted by molar-refractivity contribution is -0.0378. The van der Waals surface area contributed by atoms with E-state index in [2.05, 4.69) is 4.90 Å². The van der Waals surface area contributed by atoms with Gasteiger partial charge in [0.15, 0.2) is 0 Å². The van der Waals surface area contributed by atoms with Crippen LogP contribution in [-0.2, 0) is 0 Å². The summed E-state index contributed by atoms with van der Waals surface area (Å²) in [6.07, 6.45) is -0.396. The molecule has 4 heteroatoms. The molecule has 0 aromatic heterocycles. The fraction of sp³-hybridized carbons (Fsp3) is 1.00. The SMILES string of the molecule is CC(O)N1CCN(C)C(CO)C1. The standard InChI is InChI=1S/C8H18N2O2/c1-7(12)10-4-3-9(2)8(5-10)6-11/h7-8,11-12H,3-6H2,1-2H3. The lowest BCUT2D eigenvalue weighted by Crippen LogP contribution is -2.55. The normalized spacial score (nSPS) is 30.5. The fourth-order valence-electron chi connectivity index (χ4n) is 1.51. The molecule has 1 saturated heterocycles. The Morgan fingerprint density at radius 2 is 2.17 bits per heavy atom. The van der Waals surface area contributed by atoms with Crippen LogP contribution in [0.25, 0.3) is 0 Å². The van der Waals surface area contributed by atoms with Gasteiger partial charge in [0.05, 0.1) is 6.61 Å². The molecular formula is C8H18N2O2. The Bertz CT molecular complexity index is 141. The zero-order valence-corrected chi connectivity index (χ0v) is 7.77. The molecule has 0 amide bonds. The molecule has 0 radical (unpaired) electrons. The summed E-state index contributed by atoms with van der Waals surface area (Å²) in [5.41, 5.74) is 0. The van der Waals surface area contributed by atoms with Gasteiger partial charge >= 0.3 is 0 Å². The predicted octanol–water partition coefficient (Wildman–Crippen LogP) is -1.07. The highest BCUT2D eigenvalue weighted by molar-refractivity contribution is 4.79. The van der Waals surface area contributed by atoms with Gasteiger partial charge in [-0.1, -0.05) is 0 Å². The van der Waals surface area contributed by atoms with E-state index >= 15 is 0 Å². The summed E-state index contributed by atoms with van der Waals surface area (Å²) in [5.74, 6) is 0. The first-order valence-electron chi connectivity index (χ1n) is 4.38. The molecule has 1 aliphatic heterocycles. The molecule has 72 valence electrons. The first kappa shape index (κ1) is 9.92. The van der Waals surface area contributed by atoms with Gasteiger partial charge in [0, 0.05) is 25.7 Å². The van der Waals surface area contributed by atoms with Crippen molar-refractivity contribution < 1.29 is 10.2 Å². The number of aliphatic hydroxyl groups is 2. The maximum atomic E-state index is 9.30. The molecule has 0 aromatic carbocycles. The molecule has 0 bridgehead atoms. The van der Waals surface area contributed by atoms with Gasteiger partial charge in [0.1, 0.15) is 6.23 Å². The summed E-state index contributed by atoms with van der Waals surface area (Å²) >= 11 is 0. The summed E-state index contributed by atoms with van der Waals surface area (Å²) in [6, 6.07) is 0.174. The predicted molar refractivity (Wildman–Crippen MR) is 46.8 cm³/mol. The van der Waals surface area contributed by atoms with E-state index in [1.54, 1.807) is 6.92 Å². The highest BCUT2D eigenvalue weighted by Crippen LogP contribution is 2.08. The minimum atomic E-state index is -0.396. The van der Waals surface area contributed by atoms with Gasteiger partial charge in [-0.15, -0.1) is 0 Å². The second-order valence-electron chi connectivity index (χ2n) is 3.44. The number of piperazine rings is 1. The highest BCUT2D eigenvalue weighted by Gasteiger charge is 2.25. The maximum Gasteiger partial charge on any atom is 0.104 e. The number of hydrogen-bond acceptors (Lipinski definition) is 4. The number of rotatable bonds is 2. The quantitative estimate of drug-likeness (QED) is 0.560. The lowest BCUT2D eigenvalue weighted by Gasteiger charge is -2.39. The van der Waals surface area contributed by atoms with E-state index in [0.717, 1.165) is 19.6 Å². The Kier molecular flexibility index (Phi) is 3.46. The summed E-state index contributed by atoms with van der Waals surface area (Å²) in [4.78, 5) is 4.10. The van der Waals surface area contributed by atoms with Crippen molar-refractivity contribution in [3.63, 3.8) is 0 Å². The van der Waals surface area contributed by atoms with Crippen molar-refractivity contribution in [3.05, 3.63) is 0 Å². The van der Waals surface area contributed by atoms with Crippen molar-refractivity contribution in [2.45, 2.75) is 19.2 Å². The summed E-state index contributed by atoms with van der Waals surface area (Å²) in [6.45, 7) is 4.48. The van der Waals surface area contributed by atoms with E-state index < -0.39 is 6.23 Å². The van der Waals surface area contributed by atoms with Gasteiger partial charge < -0.3 is 10.2 Å². The van der Waals surface area contributed by atoms with Crippen LogP contribution in [0.4, 0.5) is 0 Å². The van der Waals surface area contributed by atoms with Gasteiger partial charge in [-0.2, -0.15) is 0 Å². The monoisotopic (exact) mass is 174 g/mol. The van der Waals surface area contributed by atoms with Crippen LogP contribution in [0.1, 0.15) is 6.92 Å². The molecular weight excluding hydrogens is 156 g/mol. The number of hydrogen-bond donors (Lipinski definition) is 2. The number of aliphatic hydroxyl groups excluding tert-OH is 2. The van der Waals surface area contributed by atoms with E-state index in [4.69, 9.17) is 5.11 Å². The molecule has 0 aliphatic carbocycles. The summed E-state index contributed by atoms with van der Waals surface area (Å²) in [7, 11) is 2.00. The van der Waals surface area contributed by atoms with Crippen LogP contribution in [0.2, 0.25) is 0 Å². The zero-order valence-electron chi connectivity index (χ0n) is 7.77. The average Bonchev–Trinajstić information content (AvgIpc) is 2.05. The smallest absolute Gasteiger partial charge is 0.104 e. The van der Waals surface area contributed by atoms with Crippen LogP contribution < -0.4 is 0 Å². The van der Waals surface area contributed by atoms with Crippen LogP contribution in [-0.4, -0.2) is 65.6 Å². The highest BCUT2D eigenvalue weighted by atomic mass is 16.3. The second kappa shape index (κ2) is 4.18. The van der Waals surface area contributed by atoms with Crippen molar-refractivity contribution in [3.8, 4) is 0 Å². The van der Waals surface area contributed by atoms with Crippen molar-refractivity contribution in [1.29, 1.82) is 0 Å². The topological polar surface area (TPSA) is 46.9 Å². The van der Waals surface area contributed by atoms with E-state index in [9.17, 15) is 5.11 Å². The Hall–Kier alpha value is -0.160. The van der Waals surface area contributed by atoms with Crippen LogP contribution >= 0.6 is 0 Å². The van der Waals surface area contributed by atoms with Crippen molar-refractivity contribution in [2.75, 3.05) is 33.3 Å². The van der Waals surface area contributed by atoms with E-state index in [-0.39, 0.29) is 12.6 Å². The zero-order chi connectivity index (χ0) is 9.14. The summed E-state index contributed by atoms with van der Waals surface area (Å²) in [5, 5.41) is 18.3. The van der Waals surface area contributed by atoms with Gasteiger partial charge in [-0.05, 0) is 14.0 Å². The van der Waals surface area contributed by atoms with Gasteiger partial charge in [0.2, 0.25) is 0 Å². The third kappa shape index (κ3) is 2.17. The molecule has 1 aliphatic rings. The van der Waals surface area contributed by atoms with Crippen molar-refractivity contribution in [1.82, 2.24) is 9.80 Å². The van der Waals surface area contributed by atoms with Gasteiger partial charge in [-0.25, -0.2) is 0 Å². The average molecular weight is 174 g/mol. The number of nitrogens with zero attached hydrogens (tertiary/aromatic N) is 2. The molecule has 1 heterocycles. The molecule has 2 atom stereocenters. The molecule has 0 saturated carbocycles. The third-order valence-electron chi connectivity index (χ3n) is 2.55. The first-order valence-corrected chi connectivity index (χ1v) is 4.38. The molecule has 2 unspecified atom stereocenters. The van der Waals surface area contributed by atoms with Crippen molar-refractivity contribution in [2.24, 2.45) is 0 Å².